The van der Waals surface area contributed by atoms with E-state index in [1.54, 1.807) is 26.8 Å². The monoisotopic (exact) mass is 329 g/mol. The molecule has 1 amide bonds. The minimum Gasteiger partial charge on any atom is -0.444 e. The van der Waals surface area contributed by atoms with Gasteiger partial charge in [-0.15, -0.1) is 0 Å². The molecule has 0 heterocycles. The molecule has 0 saturated heterocycles. The maximum Gasteiger partial charge on any atom is 0.408 e. The molecule has 1 atom stereocenters. The molecule has 0 aromatic heterocycles. The van der Waals surface area contributed by atoms with Crippen molar-refractivity contribution in [3.63, 3.8) is 0 Å². The first-order valence-corrected chi connectivity index (χ1v) is 8.02. The van der Waals surface area contributed by atoms with Crippen LogP contribution in [-0.2, 0) is 4.74 Å². The maximum absolute atomic E-state index is 14.5. The number of aryl methyl sites for hydroxylation is 1. The average Bonchev–Trinajstić information content (AvgIpc) is 2.46. The van der Waals surface area contributed by atoms with E-state index in [4.69, 9.17) is 4.74 Å². The molecule has 4 heteroatoms. The second-order valence-corrected chi connectivity index (χ2v) is 6.94. The lowest BCUT2D eigenvalue weighted by molar-refractivity contribution is 0.0508. The molecule has 0 aliphatic rings. The molecule has 3 nitrogen and oxygen atoms in total. The Labute approximate surface area is 142 Å². The van der Waals surface area contributed by atoms with Gasteiger partial charge >= 0.3 is 6.09 Å². The number of halogens is 1. The van der Waals surface area contributed by atoms with E-state index in [0.717, 1.165) is 11.1 Å². The number of alkyl carbamates (subject to hydrolysis) is 1. The van der Waals surface area contributed by atoms with Gasteiger partial charge in [-0.25, -0.2) is 9.18 Å². The van der Waals surface area contributed by atoms with Crippen molar-refractivity contribution >= 4 is 6.09 Å². The van der Waals surface area contributed by atoms with Crippen LogP contribution in [0.15, 0.2) is 42.5 Å². The van der Waals surface area contributed by atoms with Gasteiger partial charge in [0.15, 0.2) is 0 Å². The smallest absolute Gasteiger partial charge is 0.408 e. The van der Waals surface area contributed by atoms with Crippen molar-refractivity contribution in [2.24, 2.45) is 0 Å². The van der Waals surface area contributed by atoms with Gasteiger partial charge in [0.25, 0.3) is 0 Å². The molecule has 0 unspecified atom stereocenters. The fourth-order valence-electron chi connectivity index (χ4n) is 2.49. The van der Waals surface area contributed by atoms with Gasteiger partial charge < -0.3 is 10.1 Å². The summed E-state index contributed by atoms with van der Waals surface area (Å²) in [6.07, 6.45) is -0.519. The standard InChI is InChI=1S/C20H24FNO2/c1-13-9-11-15(12-10-13)18-16(7-6-8-17(18)21)14(2)22-19(23)24-20(3,4)5/h6-12,14H,1-5H3,(H,22,23)/t14-/m0/s1. The molecule has 0 fully saturated rings. The van der Waals surface area contributed by atoms with Crippen LogP contribution < -0.4 is 5.32 Å². The van der Waals surface area contributed by atoms with Crippen LogP contribution in [0.3, 0.4) is 0 Å². The highest BCUT2D eigenvalue weighted by Crippen LogP contribution is 2.31. The Kier molecular flexibility index (Phi) is 5.27. The normalized spacial score (nSPS) is 12.6. The van der Waals surface area contributed by atoms with Crippen molar-refractivity contribution in [1.82, 2.24) is 5.32 Å². The van der Waals surface area contributed by atoms with Crippen LogP contribution in [0.1, 0.15) is 44.9 Å². The van der Waals surface area contributed by atoms with Gasteiger partial charge in [-0.2, -0.15) is 0 Å². The Morgan fingerprint density at radius 2 is 1.75 bits per heavy atom. The van der Waals surface area contributed by atoms with Crippen LogP contribution in [0.5, 0.6) is 0 Å². The SMILES string of the molecule is Cc1ccc(-c2c(F)cccc2[C@H](C)NC(=O)OC(C)(C)C)cc1. The van der Waals surface area contributed by atoms with Gasteiger partial charge in [0.2, 0.25) is 0 Å². The van der Waals surface area contributed by atoms with Gasteiger partial charge in [0, 0.05) is 5.56 Å². The molecular formula is C20H24FNO2. The largest absolute Gasteiger partial charge is 0.444 e. The molecule has 2 aromatic rings. The molecule has 24 heavy (non-hydrogen) atoms. The highest BCUT2D eigenvalue weighted by molar-refractivity contribution is 5.72. The van der Waals surface area contributed by atoms with E-state index in [2.05, 4.69) is 5.32 Å². The first-order valence-electron chi connectivity index (χ1n) is 8.02. The lowest BCUT2D eigenvalue weighted by Crippen LogP contribution is -2.34. The number of ether oxygens (including phenoxy) is 1. The van der Waals surface area contributed by atoms with E-state index in [1.807, 2.05) is 44.2 Å². The molecule has 0 bridgehead atoms. The zero-order valence-corrected chi connectivity index (χ0v) is 14.8. The Morgan fingerprint density at radius 1 is 1.12 bits per heavy atom. The van der Waals surface area contributed by atoms with Crippen molar-refractivity contribution in [1.29, 1.82) is 0 Å². The lowest BCUT2D eigenvalue weighted by Gasteiger charge is -2.23. The molecule has 1 N–H and O–H groups in total. The van der Waals surface area contributed by atoms with E-state index in [1.165, 1.54) is 6.07 Å². The van der Waals surface area contributed by atoms with Gasteiger partial charge in [0.05, 0.1) is 6.04 Å². The summed E-state index contributed by atoms with van der Waals surface area (Å²) in [6, 6.07) is 12.2. The fourth-order valence-corrected chi connectivity index (χ4v) is 2.49. The van der Waals surface area contributed by atoms with Gasteiger partial charge in [0.1, 0.15) is 11.4 Å². The van der Waals surface area contributed by atoms with Crippen molar-refractivity contribution in [3.05, 3.63) is 59.4 Å². The predicted octanol–water partition coefficient (Wildman–Crippen LogP) is 5.39. The third kappa shape index (κ3) is 4.57. The van der Waals surface area contributed by atoms with Crippen molar-refractivity contribution < 1.29 is 13.9 Å². The van der Waals surface area contributed by atoms with Crippen LogP contribution in [0.25, 0.3) is 11.1 Å². The topological polar surface area (TPSA) is 38.3 Å². The molecule has 0 saturated carbocycles. The Hall–Kier alpha value is -2.36. The molecular weight excluding hydrogens is 305 g/mol. The number of benzene rings is 2. The molecule has 0 aliphatic carbocycles. The van der Waals surface area contributed by atoms with Crippen molar-refractivity contribution in [2.45, 2.75) is 46.3 Å². The Bertz CT molecular complexity index is 717. The molecule has 0 spiro atoms. The summed E-state index contributed by atoms with van der Waals surface area (Å²) in [6.45, 7) is 9.21. The van der Waals surface area contributed by atoms with Crippen LogP contribution >= 0.6 is 0 Å². The third-order valence-corrected chi connectivity index (χ3v) is 3.59. The summed E-state index contributed by atoms with van der Waals surface area (Å²) in [5.74, 6) is -0.311. The summed E-state index contributed by atoms with van der Waals surface area (Å²) in [5.41, 5.74) is 2.53. The van der Waals surface area contributed by atoms with E-state index >= 15 is 0 Å². The van der Waals surface area contributed by atoms with E-state index < -0.39 is 11.7 Å². The second-order valence-electron chi connectivity index (χ2n) is 6.94. The van der Waals surface area contributed by atoms with Crippen LogP contribution in [0.4, 0.5) is 9.18 Å². The highest BCUT2D eigenvalue weighted by Gasteiger charge is 2.21. The summed E-state index contributed by atoms with van der Waals surface area (Å²) in [5, 5.41) is 2.77. The molecule has 2 rings (SSSR count). The number of carbonyl (C=O) groups excluding carboxylic acids is 1. The summed E-state index contributed by atoms with van der Waals surface area (Å²) >= 11 is 0. The minimum atomic E-state index is -0.578. The number of nitrogens with one attached hydrogen (secondary N) is 1. The predicted molar refractivity (Wildman–Crippen MR) is 94.4 cm³/mol. The van der Waals surface area contributed by atoms with E-state index in [9.17, 15) is 9.18 Å². The van der Waals surface area contributed by atoms with E-state index in [-0.39, 0.29) is 11.9 Å². The van der Waals surface area contributed by atoms with Gasteiger partial charge in [-0.1, -0.05) is 42.0 Å². The molecule has 2 aromatic carbocycles. The fraction of sp³-hybridized carbons (Fsp3) is 0.350. The number of amides is 1. The number of hydrogen-bond acceptors (Lipinski definition) is 2. The number of rotatable bonds is 3. The van der Waals surface area contributed by atoms with Gasteiger partial charge in [-0.05, 0) is 51.8 Å². The zero-order chi connectivity index (χ0) is 17.9. The molecule has 128 valence electrons. The van der Waals surface area contributed by atoms with Crippen LogP contribution in [-0.4, -0.2) is 11.7 Å². The van der Waals surface area contributed by atoms with E-state index in [0.29, 0.717) is 11.1 Å². The maximum atomic E-state index is 14.5. The Balaban J connectivity index is 2.32. The second kappa shape index (κ2) is 7.04. The summed E-state index contributed by atoms with van der Waals surface area (Å²) in [7, 11) is 0. The van der Waals surface area contributed by atoms with Crippen LogP contribution in [0, 0.1) is 12.7 Å². The lowest BCUT2D eigenvalue weighted by atomic mass is 9.94. The Morgan fingerprint density at radius 3 is 2.33 bits per heavy atom. The zero-order valence-electron chi connectivity index (χ0n) is 14.8. The average molecular weight is 329 g/mol. The summed E-state index contributed by atoms with van der Waals surface area (Å²) < 4.78 is 19.7. The van der Waals surface area contributed by atoms with Crippen molar-refractivity contribution in [2.75, 3.05) is 0 Å². The molecule has 0 radical (unpaired) electrons. The number of hydrogen-bond donors (Lipinski definition) is 1. The van der Waals surface area contributed by atoms with Gasteiger partial charge in [-0.3, -0.25) is 0 Å². The minimum absolute atomic E-state index is 0.311. The first-order chi connectivity index (χ1) is 11.2. The first kappa shape index (κ1) is 18.0. The molecule has 0 aliphatic heterocycles. The quantitative estimate of drug-likeness (QED) is 0.820. The summed E-state index contributed by atoms with van der Waals surface area (Å²) in [4.78, 5) is 12.0. The third-order valence-electron chi connectivity index (χ3n) is 3.59. The van der Waals surface area contributed by atoms with Crippen molar-refractivity contribution in [3.8, 4) is 11.1 Å². The highest BCUT2D eigenvalue weighted by atomic mass is 19.1. The number of carbonyl (C=O) groups is 1. The van der Waals surface area contributed by atoms with Crippen LogP contribution in [0.2, 0.25) is 0 Å².